The van der Waals surface area contributed by atoms with Crippen LogP contribution >= 0.6 is 0 Å². The average Bonchev–Trinajstić information content (AvgIpc) is 2.77. The van der Waals surface area contributed by atoms with Crippen molar-refractivity contribution in [1.82, 2.24) is 5.32 Å². The summed E-state index contributed by atoms with van der Waals surface area (Å²) in [5, 5.41) is 2.48. The van der Waals surface area contributed by atoms with Crippen molar-refractivity contribution < 1.29 is 37.4 Å². The number of rotatable bonds is 9. The monoisotopic (exact) mass is 477 g/mol. The first kappa shape index (κ1) is 26.8. The standard InChI is InChI=1S/C25H29F2NO6/c1-5-32-22(30)25(26,27)19-13-11-17(12-14-19)15-20(21(29)34-24(2,3)4)28-23(31)33-16-18-9-7-6-8-10-18/h6-14,20H,5,15-16H2,1-4H3,(H,28,31)/t20-/m0/s1. The van der Waals surface area contributed by atoms with Crippen LogP contribution in [0.15, 0.2) is 54.6 Å². The highest BCUT2D eigenvalue weighted by Gasteiger charge is 2.42. The molecular formula is C25H29F2NO6. The molecule has 0 aliphatic carbocycles. The molecule has 0 aliphatic rings. The maximum absolute atomic E-state index is 14.2. The molecule has 0 fully saturated rings. The molecule has 2 aromatic rings. The zero-order valence-corrected chi connectivity index (χ0v) is 19.6. The lowest BCUT2D eigenvalue weighted by atomic mass is 10.0. The van der Waals surface area contributed by atoms with E-state index in [0.29, 0.717) is 5.56 Å². The first-order valence-corrected chi connectivity index (χ1v) is 10.8. The van der Waals surface area contributed by atoms with E-state index in [2.05, 4.69) is 10.1 Å². The maximum atomic E-state index is 14.2. The molecule has 0 heterocycles. The number of amides is 1. The number of esters is 2. The van der Waals surface area contributed by atoms with Gasteiger partial charge in [0.25, 0.3) is 0 Å². The van der Waals surface area contributed by atoms with Crippen molar-refractivity contribution in [1.29, 1.82) is 0 Å². The fourth-order valence-corrected chi connectivity index (χ4v) is 2.90. The Morgan fingerprint density at radius 3 is 2.09 bits per heavy atom. The molecule has 0 aromatic heterocycles. The summed E-state index contributed by atoms with van der Waals surface area (Å²) in [5.41, 5.74) is -0.123. The highest BCUT2D eigenvalue weighted by atomic mass is 19.3. The molecule has 9 heteroatoms. The lowest BCUT2D eigenvalue weighted by Crippen LogP contribution is -2.45. The van der Waals surface area contributed by atoms with Gasteiger partial charge in [0, 0.05) is 12.0 Å². The van der Waals surface area contributed by atoms with Gasteiger partial charge in [0.15, 0.2) is 0 Å². The van der Waals surface area contributed by atoms with Gasteiger partial charge in [-0.1, -0.05) is 54.6 Å². The lowest BCUT2D eigenvalue weighted by molar-refractivity contribution is -0.173. The van der Waals surface area contributed by atoms with Crippen molar-refractivity contribution in [2.75, 3.05) is 6.61 Å². The number of nitrogens with one attached hydrogen (secondary N) is 1. The van der Waals surface area contributed by atoms with Crippen molar-refractivity contribution in [3.63, 3.8) is 0 Å². The molecule has 0 aliphatic heterocycles. The van der Waals surface area contributed by atoms with Crippen LogP contribution in [0.2, 0.25) is 0 Å². The predicted molar refractivity (Wildman–Crippen MR) is 120 cm³/mol. The highest BCUT2D eigenvalue weighted by Crippen LogP contribution is 2.30. The zero-order chi connectivity index (χ0) is 25.4. The molecule has 184 valence electrons. The van der Waals surface area contributed by atoms with Crippen LogP contribution in [0.3, 0.4) is 0 Å². The molecule has 7 nitrogen and oxygen atoms in total. The molecule has 2 aromatic carbocycles. The van der Waals surface area contributed by atoms with Crippen LogP contribution in [0, 0.1) is 0 Å². The van der Waals surface area contributed by atoms with E-state index in [0.717, 1.165) is 17.7 Å². The van der Waals surface area contributed by atoms with Gasteiger partial charge in [-0.3, -0.25) is 0 Å². The minimum absolute atomic E-state index is 0.00531. The number of benzene rings is 2. The van der Waals surface area contributed by atoms with E-state index in [1.165, 1.54) is 19.1 Å². The van der Waals surface area contributed by atoms with Crippen molar-refractivity contribution >= 4 is 18.0 Å². The minimum Gasteiger partial charge on any atom is -0.461 e. The van der Waals surface area contributed by atoms with Crippen LogP contribution in [-0.2, 0) is 42.7 Å². The number of hydrogen-bond acceptors (Lipinski definition) is 6. The average molecular weight is 478 g/mol. The second-order valence-electron chi connectivity index (χ2n) is 8.49. The van der Waals surface area contributed by atoms with E-state index >= 15 is 0 Å². The van der Waals surface area contributed by atoms with E-state index in [-0.39, 0.29) is 19.6 Å². The lowest BCUT2D eigenvalue weighted by Gasteiger charge is -2.24. The number of hydrogen-bond donors (Lipinski definition) is 1. The Labute approximate surface area is 197 Å². The van der Waals surface area contributed by atoms with Gasteiger partial charge in [0.05, 0.1) is 6.61 Å². The van der Waals surface area contributed by atoms with Gasteiger partial charge >= 0.3 is 24.0 Å². The summed E-state index contributed by atoms with van der Waals surface area (Å²) >= 11 is 0. The summed E-state index contributed by atoms with van der Waals surface area (Å²) in [5.74, 6) is -6.15. The fourth-order valence-electron chi connectivity index (χ4n) is 2.90. The van der Waals surface area contributed by atoms with E-state index in [9.17, 15) is 23.2 Å². The van der Waals surface area contributed by atoms with Gasteiger partial charge in [0.1, 0.15) is 18.2 Å². The summed E-state index contributed by atoms with van der Waals surface area (Å²) in [6, 6.07) is 12.7. The van der Waals surface area contributed by atoms with Gasteiger partial charge in [-0.2, -0.15) is 8.78 Å². The van der Waals surface area contributed by atoms with E-state index in [4.69, 9.17) is 9.47 Å². The Kier molecular flexibility index (Phi) is 9.11. The number of ether oxygens (including phenoxy) is 3. The molecule has 34 heavy (non-hydrogen) atoms. The third-order valence-corrected chi connectivity index (χ3v) is 4.48. The summed E-state index contributed by atoms with van der Waals surface area (Å²) in [6.45, 7) is 6.32. The molecular weight excluding hydrogens is 448 g/mol. The van der Waals surface area contributed by atoms with Crippen molar-refractivity contribution in [2.45, 2.75) is 58.3 Å². The van der Waals surface area contributed by atoms with Gasteiger partial charge in [-0.05, 0) is 38.8 Å². The third kappa shape index (κ3) is 8.13. The molecule has 1 N–H and O–H groups in total. The van der Waals surface area contributed by atoms with E-state index in [1.54, 1.807) is 45.0 Å². The first-order valence-electron chi connectivity index (χ1n) is 10.8. The Balaban J connectivity index is 2.12. The second kappa shape index (κ2) is 11.6. The SMILES string of the molecule is CCOC(=O)C(F)(F)c1ccc(C[C@H](NC(=O)OCc2ccccc2)C(=O)OC(C)(C)C)cc1. The van der Waals surface area contributed by atoms with Gasteiger partial charge in [-0.15, -0.1) is 0 Å². The quantitative estimate of drug-likeness (QED) is 0.422. The molecule has 1 amide bonds. The number of carbonyl (C=O) groups is 3. The molecule has 0 spiro atoms. The van der Waals surface area contributed by atoms with Gasteiger partial charge in [-0.25, -0.2) is 14.4 Å². The Morgan fingerprint density at radius 1 is 0.912 bits per heavy atom. The number of halogens is 2. The van der Waals surface area contributed by atoms with Crippen LogP contribution in [0.1, 0.15) is 44.4 Å². The zero-order valence-electron chi connectivity index (χ0n) is 19.6. The Bertz CT molecular complexity index is 971. The van der Waals surface area contributed by atoms with Crippen molar-refractivity contribution in [3.8, 4) is 0 Å². The molecule has 0 saturated heterocycles. The van der Waals surface area contributed by atoms with Crippen molar-refractivity contribution in [3.05, 3.63) is 71.3 Å². The van der Waals surface area contributed by atoms with Crippen LogP contribution in [0.4, 0.5) is 13.6 Å². The summed E-state index contributed by atoms with van der Waals surface area (Å²) < 4.78 is 43.4. The summed E-state index contributed by atoms with van der Waals surface area (Å²) in [4.78, 5) is 36.5. The van der Waals surface area contributed by atoms with Gasteiger partial charge in [0.2, 0.25) is 0 Å². The van der Waals surface area contributed by atoms with Crippen molar-refractivity contribution in [2.24, 2.45) is 0 Å². The number of alkyl carbamates (subject to hydrolysis) is 1. The maximum Gasteiger partial charge on any atom is 0.408 e. The van der Waals surface area contributed by atoms with Crippen LogP contribution in [0.5, 0.6) is 0 Å². The third-order valence-electron chi connectivity index (χ3n) is 4.48. The normalized spacial score (nSPS) is 12.4. The van der Waals surface area contributed by atoms with Crippen LogP contribution in [-0.4, -0.2) is 36.3 Å². The molecule has 0 bridgehead atoms. The molecule has 1 atom stereocenters. The summed E-state index contributed by atoms with van der Waals surface area (Å²) in [6.07, 6.45) is -0.870. The van der Waals surface area contributed by atoms with Gasteiger partial charge < -0.3 is 19.5 Å². The van der Waals surface area contributed by atoms with Crippen LogP contribution < -0.4 is 5.32 Å². The highest BCUT2D eigenvalue weighted by molar-refractivity contribution is 5.82. The predicted octanol–water partition coefficient (Wildman–Crippen LogP) is 4.52. The summed E-state index contributed by atoms with van der Waals surface area (Å²) in [7, 11) is 0. The smallest absolute Gasteiger partial charge is 0.408 e. The van der Waals surface area contributed by atoms with Crippen LogP contribution in [0.25, 0.3) is 0 Å². The fraction of sp³-hybridized carbons (Fsp3) is 0.400. The van der Waals surface area contributed by atoms with E-state index in [1.807, 2.05) is 6.07 Å². The number of alkyl halides is 2. The Morgan fingerprint density at radius 2 is 1.53 bits per heavy atom. The second-order valence-corrected chi connectivity index (χ2v) is 8.49. The minimum atomic E-state index is -3.81. The van der Waals surface area contributed by atoms with E-state index < -0.39 is 41.2 Å². The largest absolute Gasteiger partial charge is 0.461 e. The topological polar surface area (TPSA) is 90.9 Å². The Hall–Kier alpha value is -3.49. The first-order chi connectivity index (χ1) is 15.9. The number of carbonyl (C=O) groups excluding carboxylic acids is 3. The molecule has 0 saturated carbocycles. The molecule has 0 unspecified atom stereocenters. The molecule has 2 rings (SSSR count). The molecule has 0 radical (unpaired) electrons.